The van der Waals surface area contributed by atoms with Crippen LogP contribution in [-0.2, 0) is 27.4 Å². The Kier molecular flexibility index (Phi) is 12.2. The lowest BCUT2D eigenvalue weighted by molar-refractivity contribution is -0.128. The van der Waals surface area contributed by atoms with Crippen LogP contribution in [0.4, 0.5) is 4.79 Å². The molecule has 0 aliphatic carbocycles. The summed E-state index contributed by atoms with van der Waals surface area (Å²) in [6.45, 7) is 2.25. The van der Waals surface area contributed by atoms with Crippen molar-refractivity contribution in [2.75, 3.05) is 0 Å². The second kappa shape index (κ2) is 15.5. The number of carbonyl (C=O) groups is 3. The molecule has 0 bridgehead atoms. The number of amides is 3. The minimum absolute atomic E-state index is 0.0916. The van der Waals surface area contributed by atoms with Crippen LogP contribution in [0.15, 0.2) is 60.7 Å². The van der Waals surface area contributed by atoms with Gasteiger partial charge in [-0.15, -0.1) is 0 Å². The predicted molar refractivity (Wildman–Crippen MR) is 133 cm³/mol. The van der Waals surface area contributed by atoms with Gasteiger partial charge in [-0.2, -0.15) is 0 Å². The van der Waals surface area contributed by atoms with Gasteiger partial charge in [0.1, 0.15) is 18.7 Å². The molecule has 2 atom stereocenters. The first-order valence-electron chi connectivity index (χ1n) is 12.1. The largest absolute Gasteiger partial charge is 0.445 e. The Morgan fingerprint density at radius 1 is 0.794 bits per heavy atom. The third-order valence-electron chi connectivity index (χ3n) is 5.61. The van der Waals surface area contributed by atoms with Gasteiger partial charge in [-0.1, -0.05) is 106 Å². The number of primary amides is 1. The fourth-order valence-electron chi connectivity index (χ4n) is 3.65. The number of nitrogens with one attached hydrogen (secondary N) is 2. The third-order valence-corrected chi connectivity index (χ3v) is 5.61. The van der Waals surface area contributed by atoms with Gasteiger partial charge < -0.3 is 21.1 Å². The monoisotopic (exact) mass is 467 g/mol. The number of alkyl carbamates (subject to hydrolysis) is 1. The number of carbonyl (C=O) groups excluding carboxylic acids is 3. The smallest absolute Gasteiger partial charge is 0.408 e. The van der Waals surface area contributed by atoms with E-state index in [4.69, 9.17) is 10.5 Å². The van der Waals surface area contributed by atoms with Gasteiger partial charge in [0.25, 0.3) is 0 Å². The van der Waals surface area contributed by atoms with Crippen molar-refractivity contribution < 1.29 is 19.1 Å². The minimum atomic E-state index is -0.905. The van der Waals surface area contributed by atoms with E-state index in [1.807, 2.05) is 60.7 Å². The van der Waals surface area contributed by atoms with Crippen LogP contribution in [-0.4, -0.2) is 30.0 Å². The van der Waals surface area contributed by atoms with Crippen molar-refractivity contribution in [2.45, 2.75) is 77.0 Å². The van der Waals surface area contributed by atoms with Crippen LogP contribution in [0.1, 0.15) is 63.0 Å². The van der Waals surface area contributed by atoms with Gasteiger partial charge in [-0.3, -0.25) is 9.59 Å². The first-order valence-corrected chi connectivity index (χ1v) is 12.1. The molecule has 0 heterocycles. The number of benzene rings is 2. The predicted octanol–water partition coefficient (Wildman–Crippen LogP) is 4.24. The van der Waals surface area contributed by atoms with Crippen molar-refractivity contribution in [3.05, 3.63) is 71.8 Å². The highest BCUT2D eigenvalue weighted by molar-refractivity contribution is 5.90. The van der Waals surface area contributed by atoms with E-state index >= 15 is 0 Å². The summed E-state index contributed by atoms with van der Waals surface area (Å²) in [7, 11) is 0. The lowest BCUT2D eigenvalue weighted by Gasteiger charge is -2.22. The number of unbranched alkanes of at least 4 members (excludes halogenated alkanes) is 5. The molecule has 184 valence electrons. The van der Waals surface area contributed by atoms with Crippen LogP contribution >= 0.6 is 0 Å². The van der Waals surface area contributed by atoms with Gasteiger partial charge in [0.2, 0.25) is 11.8 Å². The van der Waals surface area contributed by atoms with Crippen molar-refractivity contribution in [3.8, 4) is 0 Å². The summed E-state index contributed by atoms with van der Waals surface area (Å²) in [5, 5.41) is 5.38. The topological polar surface area (TPSA) is 111 Å². The standard InChI is InChI=1S/C27H37N3O4/c1-2-3-4-5-6-13-18-23(25(28)31)29-26(32)24(19-21-14-9-7-10-15-21)30-27(33)34-20-22-16-11-8-12-17-22/h7-12,14-17,23-24H,2-6,13,18-20H2,1H3,(H2,28,31)(H,29,32)(H,30,33)/t23-,24-/m1/s1. The molecule has 7 nitrogen and oxygen atoms in total. The summed E-state index contributed by atoms with van der Waals surface area (Å²) in [4.78, 5) is 37.4. The van der Waals surface area contributed by atoms with E-state index < -0.39 is 30.0 Å². The molecule has 2 aromatic carbocycles. The SMILES string of the molecule is CCCCCCCC[C@@H](NC(=O)[C@@H](Cc1ccccc1)NC(=O)OCc1ccccc1)C(N)=O. The quantitative estimate of drug-likeness (QED) is 0.340. The zero-order valence-corrected chi connectivity index (χ0v) is 20.0. The zero-order valence-electron chi connectivity index (χ0n) is 20.0. The molecule has 0 saturated carbocycles. The fourth-order valence-corrected chi connectivity index (χ4v) is 3.65. The molecule has 2 aromatic rings. The van der Waals surface area contributed by atoms with Crippen LogP contribution in [0.5, 0.6) is 0 Å². The Labute approximate surface area is 202 Å². The maximum atomic E-state index is 13.1. The molecule has 2 rings (SSSR count). The normalized spacial score (nSPS) is 12.4. The van der Waals surface area contributed by atoms with Crippen LogP contribution in [0.3, 0.4) is 0 Å². The van der Waals surface area contributed by atoms with Crippen molar-refractivity contribution in [3.63, 3.8) is 0 Å². The lowest BCUT2D eigenvalue weighted by Crippen LogP contribution is -2.53. The minimum Gasteiger partial charge on any atom is -0.445 e. The first-order chi connectivity index (χ1) is 16.5. The van der Waals surface area contributed by atoms with Crippen LogP contribution in [0.2, 0.25) is 0 Å². The molecule has 0 aromatic heterocycles. The van der Waals surface area contributed by atoms with Crippen molar-refractivity contribution in [1.82, 2.24) is 10.6 Å². The van der Waals surface area contributed by atoms with Gasteiger partial charge in [0.15, 0.2) is 0 Å². The molecule has 0 fully saturated rings. The Morgan fingerprint density at radius 2 is 1.38 bits per heavy atom. The maximum Gasteiger partial charge on any atom is 0.408 e. The highest BCUT2D eigenvalue weighted by Crippen LogP contribution is 2.10. The Bertz CT molecular complexity index is 874. The summed E-state index contributed by atoms with van der Waals surface area (Å²) >= 11 is 0. The molecule has 0 spiro atoms. The number of hydrogen-bond donors (Lipinski definition) is 3. The molecule has 0 saturated heterocycles. The first kappa shape index (κ1) is 26.9. The number of rotatable bonds is 15. The van der Waals surface area contributed by atoms with E-state index in [9.17, 15) is 14.4 Å². The lowest BCUT2D eigenvalue weighted by atomic mass is 10.0. The van der Waals surface area contributed by atoms with E-state index in [1.54, 1.807) is 0 Å². The average Bonchev–Trinajstić information content (AvgIpc) is 2.84. The average molecular weight is 468 g/mol. The van der Waals surface area contributed by atoms with E-state index in [2.05, 4.69) is 17.6 Å². The molecule has 0 unspecified atom stereocenters. The number of nitrogens with two attached hydrogens (primary N) is 1. The van der Waals surface area contributed by atoms with Gasteiger partial charge in [-0.25, -0.2) is 4.79 Å². The molecular weight excluding hydrogens is 430 g/mol. The summed E-state index contributed by atoms with van der Waals surface area (Å²) in [5.41, 5.74) is 7.26. The zero-order chi connectivity index (χ0) is 24.6. The second-order valence-corrected chi connectivity index (χ2v) is 8.47. The molecular formula is C27H37N3O4. The van der Waals surface area contributed by atoms with E-state index in [0.717, 1.165) is 36.8 Å². The fraction of sp³-hybridized carbons (Fsp3) is 0.444. The van der Waals surface area contributed by atoms with Crippen LogP contribution < -0.4 is 16.4 Å². The maximum absolute atomic E-state index is 13.1. The summed E-state index contributed by atoms with van der Waals surface area (Å²) < 4.78 is 5.29. The summed E-state index contributed by atoms with van der Waals surface area (Å²) in [6, 6.07) is 17.0. The summed E-state index contributed by atoms with van der Waals surface area (Å²) in [6.07, 6.45) is 6.44. The Morgan fingerprint density at radius 3 is 2.00 bits per heavy atom. The third kappa shape index (κ3) is 10.5. The number of hydrogen-bond acceptors (Lipinski definition) is 4. The summed E-state index contributed by atoms with van der Waals surface area (Å²) in [5.74, 6) is -1.04. The van der Waals surface area contributed by atoms with E-state index in [1.165, 1.54) is 12.8 Å². The van der Waals surface area contributed by atoms with E-state index in [-0.39, 0.29) is 13.0 Å². The second-order valence-electron chi connectivity index (χ2n) is 8.47. The van der Waals surface area contributed by atoms with Crippen LogP contribution in [0, 0.1) is 0 Å². The van der Waals surface area contributed by atoms with Crippen molar-refractivity contribution >= 4 is 17.9 Å². The van der Waals surface area contributed by atoms with Gasteiger partial charge in [0, 0.05) is 6.42 Å². The van der Waals surface area contributed by atoms with Gasteiger partial charge in [0.05, 0.1) is 0 Å². The molecule has 4 N–H and O–H groups in total. The van der Waals surface area contributed by atoms with Gasteiger partial charge in [-0.05, 0) is 17.5 Å². The molecule has 34 heavy (non-hydrogen) atoms. The highest BCUT2D eigenvalue weighted by Gasteiger charge is 2.26. The van der Waals surface area contributed by atoms with Crippen molar-refractivity contribution in [1.29, 1.82) is 0 Å². The number of ether oxygens (including phenoxy) is 1. The van der Waals surface area contributed by atoms with E-state index in [0.29, 0.717) is 6.42 Å². The Balaban J connectivity index is 1.96. The van der Waals surface area contributed by atoms with Gasteiger partial charge >= 0.3 is 6.09 Å². The Hall–Kier alpha value is -3.35. The molecule has 0 aliphatic heterocycles. The van der Waals surface area contributed by atoms with Crippen LogP contribution in [0.25, 0.3) is 0 Å². The van der Waals surface area contributed by atoms with Crippen molar-refractivity contribution in [2.24, 2.45) is 5.73 Å². The molecule has 0 aliphatic rings. The molecule has 0 radical (unpaired) electrons. The molecule has 7 heteroatoms. The molecule has 3 amide bonds. The highest BCUT2D eigenvalue weighted by atomic mass is 16.5.